The molecule has 0 spiro atoms. The fraction of sp³-hybridized carbons (Fsp3) is 0.536. The molecule has 182 valence electrons. The number of ether oxygens (including phenoxy) is 1. The molecule has 0 fully saturated rings. The zero-order valence-corrected chi connectivity index (χ0v) is 20.1. The van der Waals surface area contributed by atoms with Crippen molar-refractivity contribution in [3.63, 3.8) is 0 Å². The molecule has 0 aromatic heterocycles. The maximum Gasteiger partial charge on any atom is 0.336 e. The van der Waals surface area contributed by atoms with Crippen molar-refractivity contribution in [3.8, 4) is 16.9 Å². The van der Waals surface area contributed by atoms with Crippen LogP contribution >= 0.6 is 0 Å². The third kappa shape index (κ3) is 8.45. The molecule has 2 aromatic rings. The lowest BCUT2D eigenvalue weighted by atomic mass is 9.94. The van der Waals surface area contributed by atoms with E-state index in [2.05, 4.69) is 13.8 Å². The van der Waals surface area contributed by atoms with Crippen LogP contribution in [0.15, 0.2) is 30.3 Å². The van der Waals surface area contributed by atoms with Crippen LogP contribution in [0.5, 0.6) is 5.75 Å². The molecule has 0 saturated carbocycles. The molecule has 0 aliphatic heterocycles. The predicted octanol–water partition coefficient (Wildman–Crippen LogP) is 8.58. The van der Waals surface area contributed by atoms with Gasteiger partial charge in [-0.05, 0) is 48.6 Å². The number of rotatable bonds is 16. The Kier molecular flexibility index (Phi) is 11.9. The molecular formula is C28H38F2O3. The average molecular weight is 461 g/mol. The molecule has 0 heterocycles. The molecule has 0 bridgehead atoms. The number of carbonyl (C=O) groups is 1. The molecule has 0 radical (unpaired) electrons. The van der Waals surface area contributed by atoms with Gasteiger partial charge in [-0.2, -0.15) is 4.39 Å². The van der Waals surface area contributed by atoms with Gasteiger partial charge in [0.15, 0.2) is 11.6 Å². The van der Waals surface area contributed by atoms with Gasteiger partial charge in [-0.15, -0.1) is 0 Å². The lowest BCUT2D eigenvalue weighted by molar-refractivity contribution is 0.0697. The minimum atomic E-state index is -1.16. The van der Waals surface area contributed by atoms with Crippen molar-refractivity contribution in [1.82, 2.24) is 0 Å². The summed E-state index contributed by atoms with van der Waals surface area (Å²) in [4.78, 5) is 11.7. The number of hydrogen-bond donors (Lipinski definition) is 1. The summed E-state index contributed by atoms with van der Waals surface area (Å²) >= 11 is 0. The third-order valence-electron chi connectivity index (χ3n) is 5.98. The Bertz CT molecular complexity index is 880. The van der Waals surface area contributed by atoms with Crippen molar-refractivity contribution < 1.29 is 23.4 Å². The van der Waals surface area contributed by atoms with Crippen molar-refractivity contribution in [2.75, 3.05) is 6.61 Å². The first-order valence-electron chi connectivity index (χ1n) is 12.5. The summed E-state index contributed by atoms with van der Waals surface area (Å²) in [6, 6.07) is 7.74. The summed E-state index contributed by atoms with van der Waals surface area (Å²) in [5.41, 5.74) is 1.04. The van der Waals surface area contributed by atoms with E-state index in [0.717, 1.165) is 50.5 Å². The van der Waals surface area contributed by atoms with Crippen molar-refractivity contribution in [3.05, 3.63) is 53.1 Å². The van der Waals surface area contributed by atoms with E-state index in [1.807, 2.05) is 0 Å². The van der Waals surface area contributed by atoms with Crippen molar-refractivity contribution in [2.45, 2.75) is 90.9 Å². The first-order chi connectivity index (χ1) is 16.0. The molecule has 0 aliphatic carbocycles. The number of aryl methyl sites for hydroxylation is 1. The number of unbranched alkanes of at least 4 members (excludes halogenated alkanes) is 9. The van der Waals surface area contributed by atoms with E-state index < -0.39 is 17.6 Å². The largest absolute Gasteiger partial charge is 0.490 e. The summed E-state index contributed by atoms with van der Waals surface area (Å²) in [6.45, 7) is 4.65. The van der Waals surface area contributed by atoms with E-state index in [1.165, 1.54) is 50.3 Å². The smallest absolute Gasteiger partial charge is 0.336 e. The van der Waals surface area contributed by atoms with Crippen molar-refractivity contribution in [1.29, 1.82) is 0 Å². The van der Waals surface area contributed by atoms with Gasteiger partial charge in [-0.25, -0.2) is 9.18 Å². The van der Waals surface area contributed by atoms with Crippen LogP contribution < -0.4 is 4.74 Å². The molecule has 0 aliphatic rings. The number of carboxylic acid groups (broad SMARTS) is 1. The second-order valence-corrected chi connectivity index (χ2v) is 8.70. The minimum Gasteiger partial charge on any atom is -0.490 e. The monoisotopic (exact) mass is 460 g/mol. The topological polar surface area (TPSA) is 46.5 Å². The first kappa shape index (κ1) is 26.8. The van der Waals surface area contributed by atoms with Crippen LogP contribution in [0.4, 0.5) is 8.78 Å². The van der Waals surface area contributed by atoms with Gasteiger partial charge in [0, 0.05) is 5.56 Å². The fourth-order valence-electron chi connectivity index (χ4n) is 4.00. The van der Waals surface area contributed by atoms with Crippen LogP contribution in [-0.2, 0) is 6.42 Å². The molecule has 33 heavy (non-hydrogen) atoms. The van der Waals surface area contributed by atoms with Crippen LogP contribution in [0, 0.1) is 11.6 Å². The highest BCUT2D eigenvalue weighted by Gasteiger charge is 2.20. The Morgan fingerprint density at radius 3 is 2.09 bits per heavy atom. The summed E-state index contributed by atoms with van der Waals surface area (Å²) in [5.74, 6) is -3.44. The standard InChI is InChI=1S/C28H38F2O3/c1-3-5-7-9-11-13-19-33-25-18-17-22(26(29)27(25)30)24-20-21(14-12-10-8-6-4-2)15-16-23(24)28(31)32/h15-18,20H,3-14,19H2,1-2H3,(H,31,32). The van der Waals surface area contributed by atoms with Gasteiger partial charge < -0.3 is 9.84 Å². The molecule has 0 amide bonds. The third-order valence-corrected chi connectivity index (χ3v) is 5.98. The highest BCUT2D eigenvalue weighted by molar-refractivity contribution is 5.96. The quantitative estimate of drug-likeness (QED) is 0.255. The number of carboxylic acids is 1. The second kappa shape index (κ2) is 14.7. The fourth-order valence-corrected chi connectivity index (χ4v) is 4.00. The Morgan fingerprint density at radius 1 is 0.788 bits per heavy atom. The lowest BCUT2D eigenvalue weighted by Gasteiger charge is -2.13. The van der Waals surface area contributed by atoms with Gasteiger partial charge in [0.25, 0.3) is 0 Å². The number of hydrogen-bond acceptors (Lipinski definition) is 2. The number of benzene rings is 2. The van der Waals surface area contributed by atoms with Crippen molar-refractivity contribution >= 4 is 5.97 Å². The van der Waals surface area contributed by atoms with Crippen LogP contribution in [0.2, 0.25) is 0 Å². The van der Waals surface area contributed by atoms with E-state index in [0.29, 0.717) is 6.61 Å². The van der Waals surface area contributed by atoms with E-state index in [1.54, 1.807) is 12.1 Å². The SMILES string of the molecule is CCCCCCCCOc1ccc(-c2cc(CCCCCCC)ccc2C(=O)O)c(F)c1F. The minimum absolute atomic E-state index is 0.0382. The zero-order chi connectivity index (χ0) is 24.1. The van der Waals surface area contributed by atoms with Gasteiger partial charge in [-0.1, -0.05) is 83.8 Å². The van der Waals surface area contributed by atoms with Gasteiger partial charge >= 0.3 is 5.97 Å². The molecular weight excluding hydrogens is 422 g/mol. The van der Waals surface area contributed by atoms with Crippen LogP contribution in [0.25, 0.3) is 11.1 Å². The van der Waals surface area contributed by atoms with E-state index in [9.17, 15) is 18.7 Å². The Labute approximate surface area is 197 Å². The maximum atomic E-state index is 15.0. The number of aromatic carboxylic acids is 1. The normalized spacial score (nSPS) is 11.0. The van der Waals surface area contributed by atoms with Crippen LogP contribution in [0.1, 0.15) is 100 Å². The van der Waals surface area contributed by atoms with Gasteiger partial charge in [0.1, 0.15) is 0 Å². The van der Waals surface area contributed by atoms with Crippen LogP contribution in [-0.4, -0.2) is 17.7 Å². The maximum absolute atomic E-state index is 15.0. The highest BCUT2D eigenvalue weighted by Crippen LogP contribution is 2.33. The summed E-state index contributed by atoms with van der Waals surface area (Å²) in [6.07, 6.45) is 12.8. The molecule has 1 N–H and O–H groups in total. The van der Waals surface area contributed by atoms with E-state index in [4.69, 9.17) is 4.74 Å². The summed E-state index contributed by atoms with van der Waals surface area (Å²) < 4.78 is 35.2. The summed E-state index contributed by atoms with van der Waals surface area (Å²) in [7, 11) is 0. The lowest BCUT2D eigenvalue weighted by Crippen LogP contribution is -2.05. The molecule has 3 nitrogen and oxygen atoms in total. The summed E-state index contributed by atoms with van der Waals surface area (Å²) in [5, 5.41) is 9.59. The molecule has 0 unspecified atom stereocenters. The molecule has 2 rings (SSSR count). The van der Waals surface area contributed by atoms with Crippen molar-refractivity contribution in [2.24, 2.45) is 0 Å². The van der Waals surface area contributed by atoms with Gasteiger partial charge in [0.05, 0.1) is 12.2 Å². The molecule has 0 atom stereocenters. The predicted molar refractivity (Wildman–Crippen MR) is 130 cm³/mol. The molecule has 2 aromatic carbocycles. The Balaban J connectivity index is 2.11. The first-order valence-corrected chi connectivity index (χ1v) is 12.5. The highest BCUT2D eigenvalue weighted by atomic mass is 19.2. The Hall–Kier alpha value is -2.43. The van der Waals surface area contributed by atoms with Gasteiger partial charge in [0.2, 0.25) is 5.82 Å². The molecule has 0 saturated heterocycles. The van der Waals surface area contributed by atoms with E-state index >= 15 is 0 Å². The number of halogens is 2. The van der Waals surface area contributed by atoms with Gasteiger partial charge in [-0.3, -0.25) is 0 Å². The second-order valence-electron chi connectivity index (χ2n) is 8.70. The Morgan fingerprint density at radius 2 is 1.42 bits per heavy atom. The zero-order valence-electron chi connectivity index (χ0n) is 20.1. The average Bonchev–Trinajstić information content (AvgIpc) is 2.81. The van der Waals surface area contributed by atoms with Crippen LogP contribution in [0.3, 0.4) is 0 Å². The van der Waals surface area contributed by atoms with E-state index in [-0.39, 0.29) is 22.4 Å². The molecule has 5 heteroatoms.